The van der Waals surface area contributed by atoms with Gasteiger partial charge in [0.25, 0.3) is 0 Å². The van der Waals surface area contributed by atoms with Crippen molar-refractivity contribution in [2.45, 2.75) is 52.1 Å². The molecule has 0 saturated heterocycles. The van der Waals surface area contributed by atoms with Crippen LogP contribution in [0.1, 0.15) is 50.3 Å². The average Bonchev–Trinajstić information content (AvgIpc) is 3.01. The maximum atomic E-state index is 11.9. The molecule has 4 heteroatoms. The van der Waals surface area contributed by atoms with E-state index in [2.05, 4.69) is 113 Å². The number of rotatable bonds is 10. The number of aryl methyl sites for hydroxylation is 1. The summed E-state index contributed by atoms with van der Waals surface area (Å²) in [5, 5.41) is 7.35. The molecule has 0 heterocycles. The van der Waals surface area contributed by atoms with Crippen molar-refractivity contribution >= 4 is 44.3 Å². The summed E-state index contributed by atoms with van der Waals surface area (Å²) in [7, 11) is 0. The summed E-state index contributed by atoms with van der Waals surface area (Å²) in [6.45, 7) is 14.3. The summed E-state index contributed by atoms with van der Waals surface area (Å²) in [5.74, 6) is -0.855. The second-order valence-corrected chi connectivity index (χ2v) is 12.0. The molecule has 4 nitrogen and oxygen atoms in total. The highest BCUT2D eigenvalue weighted by Gasteiger charge is 2.20. The molecule has 0 amide bonds. The van der Waals surface area contributed by atoms with Gasteiger partial charge in [-0.25, -0.2) is 9.59 Å². The Morgan fingerprint density at radius 2 is 1.26 bits per heavy atom. The summed E-state index contributed by atoms with van der Waals surface area (Å²) in [4.78, 5) is 23.3. The quantitative estimate of drug-likeness (QED) is 0.0726. The Kier molecular flexibility index (Phi) is 8.77. The lowest BCUT2D eigenvalue weighted by atomic mass is 9.80. The number of hydrogen-bond acceptors (Lipinski definition) is 4. The summed E-state index contributed by atoms with van der Waals surface area (Å²) in [6, 6.07) is 28.4. The second kappa shape index (κ2) is 12.7. The van der Waals surface area contributed by atoms with Crippen LogP contribution in [0.25, 0.3) is 43.4 Å². The van der Waals surface area contributed by atoms with E-state index >= 15 is 0 Å². The lowest BCUT2D eigenvalue weighted by Gasteiger charge is -2.24. The first-order chi connectivity index (χ1) is 20.7. The molecule has 0 atom stereocenters. The van der Waals surface area contributed by atoms with Gasteiger partial charge in [0.15, 0.2) is 0 Å². The van der Waals surface area contributed by atoms with Crippen LogP contribution in [0.2, 0.25) is 0 Å². The van der Waals surface area contributed by atoms with E-state index < -0.39 is 11.9 Å². The smallest absolute Gasteiger partial charge is 0.330 e. The van der Waals surface area contributed by atoms with Crippen LogP contribution < -0.4 is 0 Å². The van der Waals surface area contributed by atoms with Crippen molar-refractivity contribution in [2.24, 2.45) is 0 Å². The van der Waals surface area contributed by atoms with Crippen molar-refractivity contribution in [3.63, 3.8) is 0 Å². The number of unbranched alkanes of at least 4 members (excludes halogenated alkanes) is 1. The molecule has 0 fully saturated rings. The molecular weight excluding hydrogens is 532 g/mol. The zero-order valence-corrected chi connectivity index (χ0v) is 25.2. The minimum atomic E-state index is -0.451. The first kappa shape index (κ1) is 29.8. The van der Waals surface area contributed by atoms with Crippen molar-refractivity contribution in [3.05, 3.63) is 121 Å². The summed E-state index contributed by atoms with van der Waals surface area (Å²) >= 11 is 0. The van der Waals surface area contributed by atoms with Crippen LogP contribution in [-0.2, 0) is 37.5 Å². The topological polar surface area (TPSA) is 52.6 Å². The average molecular weight is 571 g/mol. The molecule has 0 bridgehead atoms. The van der Waals surface area contributed by atoms with E-state index in [-0.39, 0.29) is 12.0 Å². The Hall–Kier alpha value is -4.70. The van der Waals surface area contributed by atoms with Gasteiger partial charge in [-0.1, -0.05) is 94.6 Å². The maximum Gasteiger partial charge on any atom is 0.330 e. The molecule has 0 spiro atoms. The van der Waals surface area contributed by atoms with Crippen LogP contribution in [0.4, 0.5) is 0 Å². The largest absolute Gasteiger partial charge is 0.463 e. The Morgan fingerprint density at radius 3 is 1.93 bits per heavy atom. The van der Waals surface area contributed by atoms with Crippen molar-refractivity contribution in [1.29, 1.82) is 0 Å². The number of esters is 2. The molecule has 0 aromatic heterocycles. The van der Waals surface area contributed by atoms with Crippen LogP contribution in [0, 0.1) is 0 Å². The normalized spacial score (nSPS) is 11.5. The van der Waals surface area contributed by atoms with Gasteiger partial charge >= 0.3 is 11.9 Å². The predicted octanol–water partition coefficient (Wildman–Crippen LogP) is 9.39. The molecule has 5 aromatic rings. The Balaban J connectivity index is 1.66. The van der Waals surface area contributed by atoms with E-state index in [4.69, 9.17) is 9.47 Å². The highest BCUT2D eigenvalue weighted by molar-refractivity contribution is 6.21. The van der Waals surface area contributed by atoms with Gasteiger partial charge in [0.1, 0.15) is 6.61 Å². The van der Waals surface area contributed by atoms with Gasteiger partial charge in [0, 0.05) is 12.2 Å². The number of hydrogen-bond donors (Lipinski definition) is 0. The molecule has 0 radical (unpaired) electrons. The van der Waals surface area contributed by atoms with Gasteiger partial charge in [-0.05, 0) is 103 Å². The lowest BCUT2D eigenvalue weighted by molar-refractivity contribution is -0.139. The highest BCUT2D eigenvalue weighted by atomic mass is 16.5. The molecule has 5 rings (SSSR count). The summed E-state index contributed by atoms with van der Waals surface area (Å²) in [5.41, 5.74) is 5.58. The zero-order valence-electron chi connectivity index (χ0n) is 25.2. The first-order valence-electron chi connectivity index (χ1n) is 14.8. The summed E-state index contributed by atoms with van der Waals surface area (Å²) < 4.78 is 10.6. The van der Waals surface area contributed by atoms with Gasteiger partial charge in [0.05, 0.1) is 6.61 Å². The number of ether oxygens (including phenoxy) is 2. The Morgan fingerprint density at radius 1 is 0.674 bits per heavy atom. The van der Waals surface area contributed by atoms with Crippen molar-refractivity contribution in [2.75, 3.05) is 6.61 Å². The molecule has 0 aliphatic rings. The second-order valence-electron chi connectivity index (χ2n) is 12.0. The molecular formula is C39H38O4. The minimum absolute atomic E-state index is 0.0102. The third-order valence-electron chi connectivity index (χ3n) is 7.87. The highest BCUT2D eigenvalue weighted by Crippen LogP contribution is 2.42. The fourth-order valence-electron chi connectivity index (χ4n) is 5.83. The molecule has 0 unspecified atom stereocenters. The molecule has 0 N–H and O–H groups in total. The molecule has 5 aromatic carbocycles. The maximum absolute atomic E-state index is 11.9. The molecule has 0 aliphatic heterocycles. The van der Waals surface area contributed by atoms with E-state index in [1.165, 1.54) is 50.0 Å². The van der Waals surface area contributed by atoms with Gasteiger partial charge in [-0.3, -0.25) is 0 Å². The van der Waals surface area contributed by atoms with Crippen molar-refractivity contribution in [3.8, 4) is 11.1 Å². The van der Waals surface area contributed by atoms with Gasteiger partial charge < -0.3 is 9.47 Å². The van der Waals surface area contributed by atoms with Crippen LogP contribution in [-0.4, -0.2) is 18.5 Å². The van der Waals surface area contributed by atoms with Gasteiger partial charge in [-0.15, -0.1) is 0 Å². The first-order valence-corrected chi connectivity index (χ1v) is 14.8. The third-order valence-corrected chi connectivity index (χ3v) is 7.87. The number of fused-ring (bicyclic) bond motifs is 5. The summed E-state index contributed by atoms with van der Waals surface area (Å²) in [6.07, 6.45) is 4.75. The standard InChI is InChI=1S/C39H38O4/c1-6-37(40)42-19-13-12-14-26-20-27(25-43-38(41)7-2)22-28(21-26)33-23-34-31-17-10-11-18-32(31)36(39(3,4)5)24-35(34)30-16-9-8-15-29(30)33/h6-11,15-18,20-24H,1-2,12-14,19,25H2,3-5H3. The van der Waals surface area contributed by atoms with Gasteiger partial charge in [-0.2, -0.15) is 0 Å². The van der Waals surface area contributed by atoms with E-state index in [0.29, 0.717) is 6.61 Å². The molecule has 43 heavy (non-hydrogen) atoms. The van der Waals surface area contributed by atoms with Crippen LogP contribution in [0.15, 0.2) is 104 Å². The van der Waals surface area contributed by atoms with Crippen LogP contribution in [0.3, 0.4) is 0 Å². The molecule has 218 valence electrons. The lowest BCUT2D eigenvalue weighted by Crippen LogP contribution is -2.11. The third kappa shape index (κ3) is 6.54. The minimum Gasteiger partial charge on any atom is -0.463 e. The van der Waals surface area contributed by atoms with E-state index in [0.717, 1.165) is 41.5 Å². The predicted molar refractivity (Wildman–Crippen MR) is 177 cm³/mol. The molecule has 0 aliphatic carbocycles. The van der Waals surface area contributed by atoms with E-state index in [1.807, 2.05) is 0 Å². The van der Waals surface area contributed by atoms with E-state index in [9.17, 15) is 9.59 Å². The van der Waals surface area contributed by atoms with Crippen molar-refractivity contribution < 1.29 is 19.1 Å². The number of carbonyl (C=O) groups excluding carboxylic acids is 2. The fourth-order valence-corrected chi connectivity index (χ4v) is 5.83. The van der Waals surface area contributed by atoms with Gasteiger partial charge in [0.2, 0.25) is 0 Å². The molecule has 0 saturated carbocycles. The van der Waals surface area contributed by atoms with E-state index in [1.54, 1.807) is 0 Å². The number of benzene rings is 5. The van der Waals surface area contributed by atoms with Crippen molar-refractivity contribution in [1.82, 2.24) is 0 Å². The fraction of sp³-hybridized carbons (Fsp3) is 0.231. The Bertz CT molecular complexity index is 1860. The van der Waals surface area contributed by atoms with Crippen LogP contribution in [0.5, 0.6) is 0 Å². The SMILES string of the molecule is C=CC(=O)OCCCCc1cc(COC(=O)C=C)cc(-c2cc3c4ccccc4c(C(C)(C)C)cc3c3ccccc23)c1. The van der Waals surface area contributed by atoms with Crippen LogP contribution >= 0.6 is 0 Å². The number of carbonyl (C=O) groups is 2. The monoisotopic (exact) mass is 570 g/mol. The Labute approximate surface area is 253 Å². The zero-order chi connectivity index (χ0) is 30.6.